The molecule has 1 N–H and O–H groups in total. The van der Waals surface area contributed by atoms with Gasteiger partial charge in [0.1, 0.15) is 13.2 Å². The third-order valence-corrected chi connectivity index (χ3v) is 4.50. The molecule has 0 spiro atoms. The van der Waals surface area contributed by atoms with Crippen LogP contribution in [0.5, 0.6) is 11.5 Å². The van der Waals surface area contributed by atoms with Crippen molar-refractivity contribution in [1.82, 2.24) is 9.80 Å². The van der Waals surface area contributed by atoms with Gasteiger partial charge in [0, 0.05) is 26.0 Å². The summed E-state index contributed by atoms with van der Waals surface area (Å²) in [7, 11) is 3.38. The van der Waals surface area contributed by atoms with Gasteiger partial charge in [0.05, 0.1) is 17.2 Å². The lowest BCUT2D eigenvalue weighted by Gasteiger charge is -2.35. The lowest BCUT2D eigenvalue weighted by Crippen LogP contribution is -2.33. The van der Waals surface area contributed by atoms with Crippen LogP contribution >= 0.6 is 0 Å². The maximum absolute atomic E-state index is 11.9. The van der Waals surface area contributed by atoms with Crippen LogP contribution in [0, 0.1) is 0 Å². The summed E-state index contributed by atoms with van der Waals surface area (Å²) >= 11 is 0. The van der Waals surface area contributed by atoms with Gasteiger partial charge in [-0.1, -0.05) is 6.07 Å². The van der Waals surface area contributed by atoms with Gasteiger partial charge in [-0.05, 0) is 24.6 Å². The molecule has 2 aliphatic heterocycles. The third kappa shape index (κ3) is 2.93. The Morgan fingerprint density at radius 3 is 2.64 bits per heavy atom. The summed E-state index contributed by atoms with van der Waals surface area (Å²) in [5.41, 5.74) is 2.34. The smallest absolute Gasteiger partial charge is 0.334 e. The molecule has 0 aliphatic carbocycles. The summed E-state index contributed by atoms with van der Waals surface area (Å²) in [6.07, 6.45) is 2.27. The van der Waals surface area contributed by atoms with Gasteiger partial charge in [0.25, 0.3) is 0 Å². The molecule has 0 bridgehead atoms. The Hall–Kier alpha value is -2.96. The van der Waals surface area contributed by atoms with E-state index in [1.54, 1.807) is 37.3 Å². The van der Waals surface area contributed by atoms with Crippen LogP contribution in [0.25, 0.3) is 0 Å². The molecule has 1 amide bonds. The van der Waals surface area contributed by atoms with Gasteiger partial charge in [-0.15, -0.1) is 0 Å². The average Bonchev–Trinajstić information content (AvgIpc) is 2.62. The van der Waals surface area contributed by atoms with E-state index in [1.807, 2.05) is 13.0 Å². The summed E-state index contributed by atoms with van der Waals surface area (Å²) in [6.45, 7) is 2.79. The van der Waals surface area contributed by atoms with E-state index in [9.17, 15) is 14.7 Å². The van der Waals surface area contributed by atoms with Crippen LogP contribution in [0.4, 0.5) is 0 Å². The summed E-state index contributed by atoms with van der Waals surface area (Å²) in [5, 5.41) is 9.70. The van der Waals surface area contributed by atoms with E-state index >= 15 is 0 Å². The topological polar surface area (TPSA) is 79.3 Å². The zero-order valence-corrected chi connectivity index (χ0v) is 14.4. The van der Waals surface area contributed by atoms with Crippen LogP contribution in [-0.4, -0.2) is 54.6 Å². The summed E-state index contributed by atoms with van der Waals surface area (Å²) < 4.78 is 11.2. The van der Waals surface area contributed by atoms with Crippen LogP contribution in [0.2, 0.25) is 0 Å². The summed E-state index contributed by atoms with van der Waals surface area (Å²) in [5.74, 6) is -0.399. The zero-order chi connectivity index (χ0) is 18.1. The van der Waals surface area contributed by atoms with Gasteiger partial charge in [-0.2, -0.15) is 0 Å². The maximum atomic E-state index is 11.9. The molecule has 1 atom stereocenters. The second-order valence-corrected chi connectivity index (χ2v) is 6.02. The number of fused-ring (bicyclic) bond motifs is 1. The molecule has 2 aliphatic rings. The Bertz CT molecular complexity index is 784. The number of ether oxygens (including phenoxy) is 2. The Morgan fingerprint density at radius 2 is 2.00 bits per heavy atom. The zero-order valence-electron chi connectivity index (χ0n) is 14.4. The second kappa shape index (κ2) is 6.51. The van der Waals surface area contributed by atoms with E-state index in [0.29, 0.717) is 36.8 Å². The van der Waals surface area contributed by atoms with Gasteiger partial charge in [-0.25, -0.2) is 4.79 Å². The number of rotatable bonds is 4. The number of carbonyl (C=O) groups excluding carboxylic acids is 1. The number of benzene rings is 1. The highest BCUT2D eigenvalue weighted by molar-refractivity contribution is 5.90. The number of hydrogen-bond acceptors (Lipinski definition) is 5. The van der Waals surface area contributed by atoms with E-state index in [1.165, 1.54) is 4.90 Å². The molecule has 0 saturated heterocycles. The molecular weight excluding hydrogens is 324 g/mol. The second-order valence-electron chi connectivity index (χ2n) is 6.02. The quantitative estimate of drug-likeness (QED) is 0.839. The van der Waals surface area contributed by atoms with Crippen molar-refractivity contribution in [2.24, 2.45) is 0 Å². The first kappa shape index (κ1) is 16.9. The number of nitrogens with zero attached hydrogens (tertiary/aromatic N) is 2. The minimum Gasteiger partial charge on any atom is -0.486 e. The number of amides is 1. The molecule has 25 heavy (non-hydrogen) atoms. The fraction of sp³-hybridized carbons (Fsp3) is 0.333. The van der Waals surface area contributed by atoms with E-state index in [2.05, 4.69) is 0 Å². The normalized spacial score (nSPS) is 19.4. The molecule has 0 saturated carbocycles. The molecule has 2 heterocycles. The van der Waals surface area contributed by atoms with Gasteiger partial charge in [0.2, 0.25) is 6.41 Å². The molecule has 7 nitrogen and oxygen atoms in total. The first-order valence-electron chi connectivity index (χ1n) is 7.90. The van der Waals surface area contributed by atoms with Crippen molar-refractivity contribution in [3.05, 3.63) is 46.9 Å². The van der Waals surface area contributed by atoms with Crippen LogP contribution in [-0.2, 0) is 9.59 Å². The number of aliphatic carboxylic acids is 1. The Balaban J connectivity index is 2.15. The minimum absolute atomic E-state index is 0.188. The SMILES string of the molecule is CC1=C(N(C)C=O)C(c2ccc3c(c2)OCCO3)C(C(=O)O)=CN1C. The van der Waals surface area contributed by atoms with E-state index in [4.69, 9.17) is 9.47 Å². The van der Waals surface area contributed by atoms with Crippen molar-refractivity contribution in [2.45, 2.75) is 12.8 Å². The fourth-order valence-electron chi connectivity index (χ4n) is 3.19. The molecular formula is C18H20N2O5. The van der Waals surface area contributed by atoms with Crippen molar-refractivity contribution in [3.8, 4) is 11.5 Å². The van der Waals surface area contributed by atoms with Gasteiger partial charge in [0.15, 0.2) is 11.5 Å². The maximum Gasteiger partial charge on any atom is 0.334 e. The van der Waals surface area contributed by atoms with E-state index < -0.39 is 11.9 Å². The number of hydrogen-bond donors (Lipinski definition) is 1. The molecule has 1 aromatic rings. The predicted molar refractivity (Wildman–Crippen MR) is 90.2 cm³/mol. The molecule has 0 aromatic heterocycles. The van der Waals surface area contributed by atoms with Crippen molar-refractivity contribution in [2.75, 3.05) is 27.3 Å². The first-order valence-corrected chi connectivity index (χ1v) is 7.90. The van der Waals surface area contributed by atoms with E-state index in [-0.39, 0.29) is 5.57 Å². The Kier molecular flexibility index (Phi) is 4.39. The predicted octanol–water partition coefficient (Wildman–Crippen LogP) is 1.77. The Morgan fingerprint density at radius 1 is 1.32 bits per heavy atom. The van der Waals surface area contributed by atoms with Crippen LogP contribution in [0.3, 0.4) is 0 Å². The fourth-order valence-corrected chi connectivity index (χ4v) is 3.19. The Labute approximate surface area is 145 Å². The molecule has 3 rings (SSSR count). The van der Waals surface area contributed by atoms with Gasteiger partial charge >= 0.3 is 5.97 Å². The lowest BCUT2D eigenvalue weighted by atomic mass is 9.84. The van der Waals surface area contributed by atoms with Crippen LogP contribution < -0.4 is 9.47 Å². The van der Waals surface area contributed by atoms with Crippen molar-refractivity contribution in [1.29, 1.82) is 0 Å². The number of carbonyl (C=O) groups is 2. The van der Waals surface area contributed by atoms with Crippen molar-refractivity contribution < 1.29 is 24.2 Å². The summed E-state index contributed by atoms with van der Waals surface area (Å²) in [4.78, 5) is 26.4. The van der Waals surface area contributed by atoms with Crippen LogP contribution in [0.15, 0.2) is 41.4 Å². The van der Waals surface area contributed by atoms with Crippen molar-refractivity contribution in [3.63, 3.8) is 0 Å². The standard InChI is InChI=1S/C18H20N2O5/c1-11-17(20(3)10-21)16(13(18(22)23)9-19(11)2)12-4-5-14-15(8-12)25-7-6-24-14/h4-5,8-10,16H,6-7H2,1-3H3,(H,22,23). The molecule has 1 unspecified atom stereocenters. The molecule has 0 radical (unpaired) electrons. The highest BCUT2D eigenvalue weighted by Gasteiger charge is 2.34. The number of carboxylic acids is 1. The van der Waals surface area contributed by atoms with Crippen molar-refractivity contribution >= 4 is 12.4 Å². The van der Waals surface area contributed by atoms with E-state index in [0.717, 1.165) is 11.3 Å². The average molecular weight is 344 g/mol. The minimum atomic E-state index is -1.03. The summed E-state index contributed by atoms with van der Waals surface area (Å²) in [6, 6.07) is 5.37. The first-order chi connectivity index (χ1) is 11.9. The molecule has 1 aromatic carbocycles. The highest BCUT2D eigenvalue weighted by atomic mass is 16.6. The third-order valence-electron chi connectivity index (χ3n) is 4.50. The largest absolute Gasteiger partial charge is 0.486 e. The van der Waals surface area contributed by atoms with Crippen LogP contribution in [0.1, 0.15) is 18.4 Å². The monoisotopic (exact) mass is 344 g/mol. The number of allylic oxidation sites excluding steroid dienone is 2. The molecule has 0 fully saturated rings. The van der Waals surface area contributed by atoms with Gasteiger partial charge < -0.3 is 24.4 Å². The molecule has 7 heteroatoms. The lowest BCUT2D eigenvalue weighted by molar-refractivity contribution is -0.133. The number of carboxylic acid groups (broad SMARTS) is 1. The van der Waals surface area contributed by atoms with Gasteiger partial charge in [-0.3, -0.25) is 4.79 Å². The number of likely N-dealkylation sites (N-methyl/N-ethyl adjacent to an activating group) is 1. The highest BCUT2D eigenvalue weighted by Crippen LogP contribution is 2.42. The molecule has 132 valence electrons.